The average molecular weight is 299 g/mol. The molecule has 0 radical (unpaired) electrons. The van der Waals surface area contributed by atoms with Crippen molar-refractivity contribution in [2.24, 2.45) is 0 Å². The second-order valence-electron chi connectivity index (χ2n) is 5.88. The minimum absolute atomic E-state index is 0.149. The van der Waals surface area contributed by atoms with Gasteiger partial charge in [-0.15, -0.1) is 11.3 Å². The number of amides is 1. The van der Waals surface area contributed by atoms with Crippen molar-refractivity contribution in [3.05, 3.63) is 16.6 Å². The molecule has 0 bridgehead atoms. The molecule has 5 nitrogen and oxygen atoms in total. The van der Waals surface area contributed by atoms with Crippen molar-refractivity contribution in [2.75, 3.05) is 13.1 Å². The monoisotopic (exact) mass is 299 g/mol. The van der Waals surface area contributed by atoms with Crippen molar-refractivity contribution < 1.29 is 9.53 Å². The van der Waals surface area contributed by atoms with E-state index in [1.165, 1.54) is 0 Å². The molecule has 0 fully saturated rings. The molecule has 1 atom stereocenters. The van der Waals surface area contributed by atoms with Gasteiger partial charge in [0, 0.05) is 24.7 Å². The molecule has 0 aromatic carbocycles. The highest BCUT2D eigenvalue weighted by molar-refractivity contribution is 7.09. The van der Waals surface area contributed by atoms with Crippen LogP contribution < -0.4 is 10.6 Å². The predicted molar refractivity (Wildman–Crippen MR) is 82.0 cm³/mol. The van der Waals surface area contributed by atoms with E-state index in [0.717, 1.165) is 11.4 Å². The van der Waals surface area contributed by atoms with Crippen LogP contribution in [-0.2, 0) is 10.3 Å². The first-order valence-electron chi connectivity index (χ1n) is 6.89. The minimum Gasteiger partial charge on any atom is -0.444 e. The molecule has 20 heavy (non-hydrogen) atoms. The summed E-state index contributed by atoms with van der Waals surface area (Å²) >= 11 is 1.64. The van der Waals surface area contributed by atoms with Crippen LogP contribution in [0.5, 0.6) is 0 Å². The molecule has 0 saturated carbocycles. The lowest BCUT2D eigenvalue weighted by atomic mass is 10.00. The molecule has 6 heteroatoms. The fourth-order valence-corrected chi connectivity index (χ4v) is 2.51. The van der Waals surface area contributed by atoms with Crippen molar-refractivity contribution in [1.29, 1.82) is 0 Å². The van der Waals surface area contributed by atoms with Gasteiger partial charge in [0.2, 0.25) is 0 Å². The van der Waals surface area contributed by atoms with Crippen molar-refractivity contribution in [3.63, 3.8) is 0 Å². The molecule has 0 aliphatic heterocycles. The van der Waals surface area contributed by atoms with Crippen LogP contribution in [-0.4, -0.2) is 29.8 Å². The summed E-state index contributed by atoms with van der Waals surface area (Å²) in [6.45, 7) is 11.0. The summed E-state index contributed by atoms with van der Waals surface area (Å²) in [7, 11) is 0. The van der Waals surface area contributed by atoms with E-state index in [4.69, 9.17) is 4.74 Å². The Morgan fingerprint density at radius 3 is 2.55 bits per heavy atom. The Morgan fingerprint density at radius 2 is 2.05 bits per heavy atom. The number of rotatable bonds is 6. The van der Waals surface area contributed by atoms with Gasteiger partial charge in [-0.1, -0.05) is 6.92 Å². The van der Waals surface area contributed by atoms with E-state index >= 15 is 0 Å². The van der Waals surface area contributed by atoms with Crippen molar-refractivity contribution >= 4 is 17.4 Å². The molecule has 0 spiro atoms. The number of carbonyl (C=O) groups is 1. The summed E-state index contributed by atoms with van der Waals surface area (Å²) in [5, 5.41) is 9.23. The number of alkyl carbamates (subject to hydrolysis) is 1. The Hall–Kier alpha value is -1.14. The number of hydrogen-bond acceptors (Lipinski definition) is 5. The van der Waals surface area contributed by atoms with Gasteiger partial charge in [0.25, 0.3) is 0 Å². The second kappa shape index (κ2) is 7.04. The smallest absolute Gasteiger partial charge is 0.407 e. The van der Waals surface area contributed by atoms with Crippen LogP contribution in [0.25, 0.3) is 0 Å². The molecule has 1 rings (SSSR count). The highest BCUT2D eigenvalue weighted by Gasteiger charge is 2.26. The van der Waals surface area contributed by atoms with E-state index in [2.05, 4.69) is 29.5 Å². The van der Waals surface area contributed by atoms with Crippen molar-refractivity contribution in [3.8, 4) is 0 Å². The molecule has 1 aromatic rings. The number of nitrogens with one attached hydrogen (secondary N) is 2. The average Bonchev–Trinajstić information content (AvgIpc) is 2.86. The lowest BCUT2D eigenvalue weighted by Gasteiger charge is -2.27. The summed E-state index contributed by atoms with van der Waals surface area (Å²) in [6, 6.07) is 0. The van der Waals surface area contributed by atoms with Gasteiger partial charge in [-0.3, -0.25) is 0 Å². The summed E-state index contributed by atoms with van der Waals surface area (Å²) in [5.41, 5.74) is -0.611. The third kappa shape index (κ3) is 5.46. The lowest BCUT2D eigenvalue weighted by Crippen LogP contribution is -2.44. The first-order valence-corrected chi connectivity index (χ1v) is 7.76. The summed E-state index contributed by atoms with van der Waals surface area (Å²) in [6.07, 6.45) is 2.37. The van der Waals surface area contributed by atoms with Gasteiger partial charge in [-0.25, -0.2) is 9.78 Å². The van der Waals surface area contributed by atoms with E-state index in [1.54, 1.807) is 11.3 Å². The summed E-state index contributed by atoms with van der Waals surface area (Å²) in [5.74, 6) is 0. The molecule has 1 amide bonds. The Balaban J connectivity index is 2.35. The van der Waals surface area contributed by atoms with Crippen LogP contribution in [0.1, 0.15) is 46.0 Å². The Labute approximate surface area is 125 Å². The molecule has 2 N–H and O–H groups in total. The minimum atomic E-state index is -0.462. The predicted octanol–water partition coefficient (Wildman–Crippen LogP) is 2.88. The third-order valence-corrected chi connectivity index (χ3v) is 3.96. The standard InChI is InChI=1S/C14H25N3O2S/c1-6-14(5,11-15-9-10-20-11)17-8-7-16-12(18)19-13(2,3)4/h9-10,17H,6-8H2,1-5H3,(H,16,18)/t14-/m0/s1. The van der Waals surface area contributed by atoms with Crippen LogP contribution >= 0.6 is 11.3 Å². The van der Waals surface area contributed by atoms with E-state index in [-0.39, 0.29) is 11.6 Å². The Kier molecular flexibility index (Phi) is 5.95. The van der Waals surface area contributed by atoms with Gasteiger partial charge in [0.15, 0.2) is 0 Å². The van der Waals surface area contributed by atoms with Crippen LogP contribution in [0.4, 0.5) is 4.79 Å². The molecule has 114 valence electrons. The maximum Gasteiger partial charge on any atom is 0.407 e. The van der Waals surface area contributed by atoms with E-state index in [9.17, 15) is 4.79 Å². The van der Waals surface area contributed by atoms with Gasteiger partial charge in [0.05, 0.1) is 5.54 Å². The third-order valence-electron chi connectivity index (χ3n) is 2.92. The lowest BCUT2D eigenvalue weighted by molar-refractivity contribution is 0.0527. The zero-order valence-electron chi connectivity index (χ0n) is 12.9. The van der Waals surface area contributed by atoms with Crippen molar-refractivity contribution in [2.45, 2.75) is 52.2 Å². The number of carbonyl (C=O) groups excluding carboxylic acids is 1. The summed E-state index contributed by atoms with van der Waals surface area (Å²) in [4.78, 5) is 15.9. The van der Waals surface area contributed by atoms with E-state index in [0.29, 0.717) is 13.1 Å². The van der Waals surface area contributed by atoms with Gasteiger partial charge in [-0.2, -0.15) is 0 Å². The first kappa shape index (κ1) is 16.9. The Morgan fingerprint density at radius 1 is 1.35 bits per heavy atom. The molecule has 0 saturated heterocycles. The molecular weight excluding hydrogens is 274 g/mol. The highest BCUT2D eigenvalue weighted by Crippen LogP contribution is 2.25. The number of ether oxygens (including phenoxy) is 1. The van der Waals surface area contributed by atoms with Gasteiger partial charge < -0.3 is 15.4 Å². The van der Waals surface area contributed by atoms with Crippen LogP contribution in [0.2, 0.25) is 0 Å². The quantitative estimate of drug-likeness (QED) is 0.793. The number of aromatic nitrogens is 1. The second-order valence-corrected chi connectivity index (χ2v) is 6.77. The number of thiazole rings is 1. The van der Waals surface area contributed by atoms with Crippen LogP contribution in [0.15, 0.2) is 11.6 Å². The molecule has 1 aromatic heterocycles. The van der Waals surface area contributed by atoms with E-state index < -0.39 is 5.60 Å². The number of hydrogen-bond donors (Lipinski definition) is 2. The maximum absolute atomic E-state index is 11.5. The topological polar surface area (TPSA) is 63.2 Å². The summed E-state index contributed by atoms with van der Waals surface area (Å²) < 4.78 is 5.18. The highest BCUT2D eigenvalue weighted by atomic mass is 32.1. The normalized spacial score (nSPS) is 14.7. The maximum atomic E-state index is 11.5. The van der Waals surface area contributed by atoms with Gasteiger partial charge in [-0.05, 0) is 34.1 Å². The van der Waals surface area contributed by atoms with Crippen LogP contribution in [0, 0.1) is 0 Å². The molecule has 0 aliphatic rings. The zero-order chi connectivity index (χ0) is 15.2. The number of nitrogens with zero attached hydrogens (tertiary/aromatic N) is 1. The van der Waals surface area contributed by atoms with Crippen molar-refractivity contribution in [1.82, 2.24) is 15.6 Å². The van der Waals surface area contributed by atoms with Gasteiger partial charge in [0.1, 0.15) is 10.6 Å². The molecule has 0 aliphatic carbocycles. The Bertz CT molecular complexity index is 415. The zero-order valence-corrected chi connectivity index (χ0v) is 13.8. The molecule has 1 heterocycles. The molecular formula is C14H25N3O2S. The fourth-order valence-electron chi connectivity index (χ4n) is 1.66. The fraction of sp³-hybridized carbons (Fsp3) is 0.714. The first-order chi connectivity index (χ1) is 9.27. The van der Waals surface area contributed by atoms with Crippen LogP contribution in [0.3, 0.4) is 0 Å². The van der Waals surface area contributed by atoms with E-state index in [1.807, 2.05) is 32.3 Å². The SMILES string of the molecule is CC[C@](C)(NCCNC(=O)OC(C)(C)C)c1nccs1. The largest absolute Gasteiger partial charge is 0.444 e. The van der Waals surface area contributed by atoms with Gasteiger partial charge >= 0.3 is 6.09 Å². The molecule has 0 unspecified atom stereocenters.